The minimum atomic E-state index is 0. The molecule has 3 N–H and O–H groups in total. The van der Waals surface area contributed by atoms with Gasteiger partial charge in [-0.25, -0.2) is 0 Å². The fourth-order valence-corrected chi connectivity index (χ4v) is 3.09. The van der Waals surface area contributed by atoms with E-state index in [9.17, 15) is 4.79 Å². The number of amides is 1. The molecule has 1 aromatic carbocycles. The molecule has 100 valence electrons. The van der Waals surface area contributed by atoms with Gasteiger partial charge in [0.15, 0.2) is 0 Å². The molecule has 0 aliphatic carbocycles. The van der Waals surface area contributed by atoms with Gasteiger partial charge in [-0.05, 0) is 24.1 Å². The van der Waals surface area contributed by atoms with Crippen molar-refractivity contribution in [3.8, 4) is 0 Å². The molecule has 18 heavy (non-hydrogen) atoms. The molecule has 0 bridgehead atoms. The standard InChI is InChI=1S/C13H18N2OS.ClH/c1-9(6-14)7-15-13(16)11-8-17-12-5-3-2-4-10(11)12;/h2-5,9,11H,6-8,14H2,1H3,(H,15,16);1H. The zero-order valence-electron chi connectivity index (χ0n) is 10.4. The zero-order valence-corrected chi connectivity index (χ0v) is 12.0. The maximum Gasteiger partial charge on any atom is 0.228 e. The third-order valence-electron chi connectivity index (χ3n) is 3.04. The van der Waals surface area contributed by atoms with Crippen LogP contribution in [0.4, 0.5) is 0 Å². The number of hydrogen-bond acceptors (Lipinski definition) is 3. The van der Waals surface area contributed by atoms with E-state index in [1.54, 1.807) is 11.8 Å². The largest absolute Gasteiger partial charge is 0.355 e. The van der Waals surface area contributed by atoms with Gasteiger partial charge in [0, 0.05) is 17.2 Å². The summed E-state index contributed by atoms with van der Waals surface area (Å²) >= 11 is 1.76. The van der Waals surface area contributed by atoms with Crippen molar-refractivity contribution >= 4 is 30.1 Å². The van der Waals surface area contributed by atoms with Crippen LogP contribution in [-0.2, 0) is 4.79 Å². The number of rotatable bonds is 4. The number of fused-ring (bicyclic) bond motifs is 1. The Morgan fingerprint density at radius 3 is 3.00 bits per heavy atom. The third kappa shape index (κ3) is 3.40. The molecule has 0 radical (unpaired) electrons. The van der Waals surface area contributed by atoms with Gasteiger partial charge in [-0.2, -0.15) is 0 Å². The highest BCUT2D eigenvalue weighted by atomic mass is 35.5. The van der Waals surface area contributed by atoms with Crippen LogP contribution < -0.4 is 11.1 Å². The number of nitrogens with two attached hydrogens (primary N) is 1. The molecule has 5 heteroatoms. The lowest BCUT2D eigenvalue weighted by Gasteiger charge is -2.14. The van der Waals surface area contributed by atoms with Crippen molar-refractivity contribution < 1.29 is 4.79 Å². The lowest BCUT2D eigenvalue weighted by Crippen LogP contribution is -2.34. The van der Waals surface area contributed by atoms with E-state index in [2.05, 4.69) is 11.4 Å². The van der Waals surface area contributed by atoms with E-state index in [0.29, 0.717) is 19.0 Å². The van der Waals surface area contributed by atoms with E-state index in [-0.39, 0.29) is 24.2 Å². The zero-order chi connectivity index (χ0) is 12.3. The van der Waals surface area contributed by atoms with Crippen molar-refractivity contribution in [2.75, 3.05) is 18.8 Å². The van der Waals surface area contributed by atoms with Gasteiger partial charge in [0.05, 0.1) is 5.92 Å². The van der Waals surface area contributed by atoms with Crippen molar-refractivity contribution in [2.45, 2.75) is 17.7 Å². The van der Waals surface area contributed by atoms with Crippen LogP contribution in [0, 0.1) is 5.92 Å². The van der Waals surface area contributed by atoms with Gasteiger partial charge >= 0.3 is 0 Å². The predicted octanol–water partition coefficient (Wildman–Crippen LogP) is 2.01. The Balaban J connectivity index is 0.00000162. The second kappa shape index (κ2) is 7.02. The number of nitrogens with one attached hydrogen (secondary N) is 1. The van der Waals surface area contributed by atoms with Crippen molar-refractivity contribution in [3.05, 3.63) is 29.8 Å². The second-order valence-electron chi connectivity index (χ2n) is 4.49. The van der Waals surface area contributed by atoms with E-state index >= 15 is 0 Å². The van der Waals surface area contributed by atoms with Crippen LogP contribution in [0.2, 0.25) is 0 Å². The lowest BCUT2D eigenvalue weighted by atomic mass is 10.0. The monoisotopic (exact) mass is 286 g/mol. The summed E-state index contributed by atoms with van der Waals surface area (Å²) in [7, 11) is 0. The maximum atomic E-state index is 12.1. The van der Waals surface area contributed by atoms with E-state index in [0.717, 1.165) is 11.3 Å². The van der Waals surface area contributed by atoms with Crippen LogP contribution in [0.1, 0.15) is 18.4 Å². The van der Waals surface area contributed by atoms with Crippen LogP contribution >= 0.6 is 24.2 Å². The molecule has 1 amide bonds. The highest BCUT2D eigenvalue weighted by Crippen LogP contribution is 2.39. The number of carbonyl (C=O) groups excluding carboxylic acids is 1. The van der Waals surface area contributed by atoms with Crippen molar-refractivity contribution in [3.63, 3.8) is 0 Å². The average molecular weight is 287 g/mol. The Morgan fingerprint density at radius 1 is 1.56 bits per heavy atom. The Kier molecular flexibility index (Phi) is 5.99. The third-order valence-corrected chi connectivity index (χ3v) is 4.23. The summed E-state index contributed by atoms with van der Waals surface area (Å²) in [5.74, 6) is 1.31. The van der Waals surface area contributed by atoms with E-state index < -0.39 is 0 Å². The van der Waals surface area contributed by atoms with Gasteiger partial charge in [0.2, 0.25) is 5.91 Å². The molecule has 1 aliphatic rings. The summed E-state index contributed by atoms with van der Waals surface area (Å²) in [5, 5.41) is 2.98. The molecule has 1 aromatic rings. The molecule has 2 rings (SSSR count). The summed E-state index contributed by atoms with van der Waals surface area (Å²) in [6, 6.07) is 8.14. The highest BCUT2D eigenvalue weighted by molar-refractivity contribution is 7.99. The van der Waals surface area contributed by atoms with Crippen molar-refractivity contribution in [2.24, 2.45) is 11.7 Å². The lowest BCUT2D eigenvalue weighted by molar-refractivity contribution is -0.122. The van der Waals surface area contributed by atoms with Crippen LogP contribution in [-0.4, -0.2) is 24.7 Å². The van der Waals surface area contributed by atoms with Crippen LogP contribution in [0.5, 0.6) is 0 Å². The van der Waals surface area contributed by atoms with Gasteiger partial charge in [-0.3, -0.25) is 4.79 Å². The number of thioether (sulfide) groups is 1. The molecule has 0 saturated heterocycles. The summed E-state index contributed by atoms with van der Waals surface area (Å²) in [6.07, 6.45) is 0. The Morgan fingerprint density at radius 2 is 2.28 bits per heavy atom. The number of benzene rings is 1. The number of carbonyl (C=O) groups is 1. The molecule has 0 aromatic heterocycles. The number of halogens is 1. The topological polar surface area (TPSA) is 55.1 Å². The van der Waals surface area contributed by atoms with Crippen LogP contribution in [0.3, 0.4) is 0 Å². The van der Waals surface area contributed by atoms with Crippen LogP contribution in [0.25, 0.3) is 0 Å². The first-order chi connectivity index (χ1) is 8.22. The van der Waals surface area contributed by atoms with Crippen LogP contribution in [0.15, 0.2) is 29.2 Å². The van der Waals surface area contributed by atoms with Gasteiger partial charge in [0.1, 0.15) is 0 Å². The fourth-order valence-electron chi connectivity index (χ4n) is 1.86. The molecule has 1 aliphatic heterocycles. The summed E-state index contributed by atoms with van der Waals surface area (Å²) in [5.41, 5.74) is 6.70. The SMILES string of the molecule is CC(CN)CNC(=O)C1CSc2ccccc21.Cl. The molecule has 2 unspecified atom stereocenters. The number of hydrogen-bond donors (Lipinski definition) is 2. The fraction of sp³-hybridized carbons (Fsp3) is 0.462. The summed E-state index contributed by atoms with van der Waals surface area (Å²) in [6.45, 7) is 3.31. The Labute approximate surface area is 118 Å². The normalized spacial score (nSPS) is 18.7. The molecule has 2 atom stereocenters. The molecule has 0 spiro atoms. The van der Waals surface area contributed by atoms with Crippen molar-refractivity contribution in [1.82, 2.24) is 5.32 Å². The molecular weight excluding hydrogens is 268 g/mol. The smallest absolute Gasteiger partial charge is 0.228 e. The summed E-state index contributed by atoms with van der Waals surface area (Å²) < 4.78 is 0. The van der Waals surface area contributed by atoms with E-state index in [1.807, 2.05) is 25.1 Å². The molecule has 0 fully saturated rings. The molecule has 3 nitrogen and oxygen atoms in total. The first kappa shape index (κ1) is 15.3. The quantitative estimate of drug-likeness (QED) is 0.890. The molecular formula is C13H19ClN2OS. The highest BCUT2D eigenvalue weighted by Gasteiger charge is 2.28. The minimum absolute atomic E-state index is 0. The first-order valence-corrected chi connectivity index (χ1v) is 6.90. The minimum Gasteiger partial charge on any atom is -0.355 e. The van der Waals surface area contributed by atoms with E-state index in [4.69, 9.17) is 5.73 Å². The van der Waals surface area contributed by atoms with Crippen molar-refractivity contribution in [1.29, 1.82) is 0 Å². The average Bonchev–Trinajstić information content (AvgIpc) is 2.79. The molecule has 0 saturated carbocycles. The first-order valence-electron chi connectivity index (χ1n) is 5.92. The maximum absolute atomic E-state index is 12.1. The van der Waals surface area contributed by atoms with Gasteiger partial charge in [-0.1, -0.05) is 25.1 Å². The van der Waals surface area contributed by atoms with Gasteiger partial charge < -0.3 is 11.1 Å². The second-order valence-corrected chi connectivity index (χ2v) is 5.55. The predicted molar refractivity (Wildman–Crippen MR) is 78.4 cm³/mol. The van der Waals surface area contributed by atoms with E-state index in [1.165, 1.54) is 4.90 Å². The Bertz CT molecular complexity index is 414. The van der Waals surface area contributed by atoms with Gasteiger partial charge in [-0.15, -0.1) is 24.2 Å². The molecule has 1 heterocycles. The van der Waals surface area contributed by atoms with Gasteiger partial charge in [0.25, 0.3) is 0 Å². The summed E-state index contributed by atoms with van der Waals surface area (Å²) in [4.78, 5) is 13.3. The Hall–Kier alpha value is -0.710.